The number of nitrogens with two attached hydrogens (primary N) is 1. The predicted molar refractivity (Wildman–Crippen MR) is 37.2 cm³/mol. The fourth-order valence-electron chi connectivity index (χ4n) is 0.292. The Balaban J connectivity index is 4.24. The van der Waals surface area contributed by atoms with Crippen LogP contribution < -0.4 is 5.73 Å². The molecule has 0 aliphatic carbocycles. The Morgan fingerprint density at radius 2 is 2.22 bits per heavy atom. The second-order valence-corrected chi connectivity index (χ2v) is 1.45. The molecule has 2 nitrogen and oxygen atoms in total. The van der Waals surface area contributed by atoms with Gasteiger partial charge in [-0.3, -0.25) is 0 Å². The number of hydrogen-bond donors (Lipinski definition) is 1. The summed E-state index contributed by atoms with van der Waals surface area (Å²) in [5.74, 6) is 0. The predicted octanol–water partition coefficient (Wildman–Crippen LogP) is 1.09. The lowest BCUT2D eigenvalue weighted by Gasteiger charge is -1.90. The van der Waals surface area contributed by atoms with Crippen molar-refractivity contribution in [1.29, 1.82) is 5.26 Å². The van der Waals surface area contributed by atoms with Crippen LogP contribution in [0.2, 0.25) is 0 Å². The molecule has 0 saturated heterocycles. The summed E-state index contributed by atoms with van der Waals surface area (Å²) in [6.07, 6.45) is 3.05. The molecule has 0 aliphatic rings. The van der Waals surface area contributed by atoms with E-state index in [9.17, 15) is 0 Å². The molecule has 0 heterocycles. The molecule has 0 atom stereocenters. The largest absolute Gasteiger partial charge is 0.398 e. The molecule has 0 unspecified atom stereocenters. The normalized spacial score (nSPS) is 9.89. The smallest absolute Gasteiger partial charge is 0.101 e. The maximum Gasteiger partial charge on any atom is 0.101 e. The summed E-state index contributed by atoms with van der Waals surface area (Å²) in [6.45, 7) is 6.80. The van der Waals surface area contributed by atoms with Gasteiger partial charge in [0.05, 0.1) is 5.57 Å². The maximum absolute atomic E-state index is 8.23. The first kappa shape index (κ1) is 7.51. The van der Waals surface area contributed by atoms with E-state index in [-0.39, 0.29) is 5.57 Å². The average molecular weight is 120 g/mol. The van der Waals surface area contributed by atoms with E-state index in [0.717, 1.165) is 0 Å². The molecule has 0 aromatic carbocycles. The van der Waals surface area contributed by atoms with E-state index >= 15 is 0 Å². The van der Waals surface area contributed by atoms with Gasteiger partial charge in [0.25, 0.3) is 0 Å². The highest BCUT2D eigenvalue weighted by Crippen LogP contribution is 1.96. The van der Waals surface area contributed by atoms with Gasteiger partial charge in [0.15, 0.2) is 0 Å². The molecular formula is C7H8N2. The summed E-state index contributed by atoms with van der Waals surface area (Å²) >= 11 is 0. The maximum atomic E-state index is 8.23. The first-order valence-corrected chi connectivity index (χ1v) is 2.40. The van der Waals surface area contributed by atoms with Crippen LogP contribution in [0.15, 0.2) is 36.6 Å². The van der Waals surface area contributed by atoms with E-state index in [0.29, 0.717) is 5.70 Å². The van der Waals surface area contributed by atoms with E-state index in [1.165, 1.54) is 12.2 Å². The minimum Gasteiger partial charge on any atom is -0.398 e. The Morgan fingerprint density at radius 3 is 2.56 bits per heavy atom. The summed E-state index contributed by atoms with van der Waals surface area (Å²) in [5, 5.41) is 8.23. The lowest BCUT2D eigenvalue weighted by Crippen LogP contribution is -1.97. The van der Waals surface area contributed by atoms with Crippen molar-refractivity contribution in [2.75, 3.05) is 0 Å². The van der Waals surface area contributed by atoms with E-state index in [2.05, 4.69) is 13.2 Å². The summed E-state index contributed by atoms with van der Waals surface area (Å²) in [6, 6.07) is 1.81. The molecule has 0 aromatic heterocycles. The standard InChI is InChI=1S/C7H8N2/c1-3-4-7(9)6(2)5-8/h3-4H,1-2,9H2/b7-4+. The third kappa shape index (κ3) is 2.35. The van der Waals surface area contributed by atoms with Crippen LogP contribution >= 0.6 is 0 Å². The molecule has 0 aliphatic heterocycles. The Bertz CT molecular complexity index is 193. The van der Waals surface area contributed by atoms with Gasteiger partial charge in [0.2, 0.25) is 0 Å². The monoisotopic (exact) mass is 120 g/mol. The lowest BCUT2D eigenvalue weighted by molar-refractivity contribution is 1.35. The van der Waals surface area contributed by atoms with Crippen LogP contribution in [-0.2, 0) is 0 Å². The van der Waals surface area contributed by atoms with Crippen LogP contribution in [0.3, 0.4) is 0 Å². The third-order valence-corrected chi connectivity index (χ3v) is 0.781. The van der Waals surface area contributed by atoms with E-state index in [4.69, 9.17) is 11.0 Å². The fraction of sp³-hybridized carbons (Fsp3) is 0. The molecule has 0 spiro atoms. The van der Waals surface area contributed by atoms with E-state index in [1.807, 2.05) is 6.07 Å². The Labute approximate surface area is 54.6 Å². The van der Waals surface area contributed by atoms with Gasteiger partial charge in [-0.1, -0.05) is 19.2 Å². The molecule has 0 radical (unpaired) electrons. The zero-order valence-corrected chi connectivity index (χ0v) is 5.09. The summed E-state index contributed by atoms with van der Waals surface area (Å²) in [5.41, 5.74) is 5.95. The fourth-order valence-corrected chi connectivity index (χ4v) is 0.292. The highest BCUT2D eigenvalue weighted by atomic mass is 14.6. The summed E-state index contributed by atoms with van der Waals surface area (Å²) in [4.78, 5) is 0. The second kappa shape index (κ2) is 3.50. The Kier molecular flexibility index (Phi) is 2.92. The average Bonchev–Trinajstić information content (AvgIpc) is 1.87. The number of nitrogens with zero attached hydrogens (tertiary/aromatic N) is 1. The van der Waals surface area contributed by atoms with E-state index in [1.54, 1.807) is 0 Å². The third-order valence-electron chi connectivity index (χ3n) is 0.781. The Hall–Kier alpha value is -1.49. The van der Waals surface area contributed by atoms with Gasteiger partial charge in [-0.2, -0.15) is 5.26 Å². The molecular weight excluding hydrogens is 112 g/mol. The van der Waals surface area contributed by atoms with E-state index < -0.39 is 0 Å². The molecule has 0 rings (SSSR count). The summed E-state index contributed by atoms with van der Waals surface area (Å²) < 4.78 is 0. The molecule has 0 bridgehead atoms. The van der Waals surface area contributed by atoms with Crippen molar-refractivity contribution in [2.45, 2.75) is 0 Å². The van der Waals surface area contributed by atoms with Crippen molar-refractivity contribution in [2.24, 2.45) is 5.73 Å². The van der Waals surface area contributed by atoms with Gasteiger partial charge in [-0.05, 0) is 6.08 Å². The number of hydrogen-bond acceptors (Lipinski definition) is 2. The molecule has 0 amide bonds. The van der Waals surface area contributed by atoms with Crippen LogP contribution in [0.5, 0.6) is 0 Å². The van der Waals surface area contributed by atoms with Gasteiger partial charge in [-0.25, -0.2) is 0 Å². The van der Waals surface area contributed by atoms with Crippen LogP contribution in [0.4, 0.5) is 0 Å². The number of rotatable bonds is 2. The zero-order chi connectivity index (χ0) is 7.28. The number of allylic oxidation sites excluding steroid dienone is 3. The highest BCUT2D eigenvalue weighted by molar-refractivity contribution is 5.38. The van der Waals surface area contributed by atoms with Gasteiger partial charge in [0.1, 0.15) is 6.07 Å². The molecule has 0 aromatic rings. The number of nitriles is 1. The molecule has 2 heteroatoms. The van der Waals surface area contributed by atoms with Crippen LogP contribution in [0.25, 0.3) is 0 Å². The molecule has 2 N–H and O–H groups in total. The van der Waals surface area contributed by atoms with Crippen LogP contribution in [0, 0.1) is 11.3 Å². The molecule has 0 saturated carbocycles. The van der Waals surface area contributed by atoms with Gasteiger partial charge < -0.3 is 5.73 Å². The second-order valence-electron chi connectivity index (χ2n) is 1.45. The Morgan fingerprint density at radius 1 is 1.67 bits per heavy atom. The minimum atomic E-state index is 0.273. The SMILES string of the molecule is C=C/C=C(/N)C(=C)C#N. The van der Waals surface area contributed by atoms with Crippen molar-refractivity contribution in [3.63, 3.8) is 0 Å². The van der Waals surface area contributed by atoms with Crippen LogP contribution in [0.1, 0.15) is 0 Å². The van der Waals surface area contributed by atoms with Crippen molar-refractivity contribution >= 4 is 0 Å². The van der Waals surface area contributed by atoms with Crippen molar-refractivity contribution in [3.05, 3.63) is 36.6 Å². The topological polar surface area (TPSA) is 49.8 Å². The zero-order valence-electron chi connectivity index (χ0n) is 5.09. The first-order chi connectivity index (χ1) is 4.22. The van der Waals surface area contributed by atoms with Gasteiger partial charge in [0, 0.05) is 5.70 Å². The van der Waals surface area contributed by atoms with Gasteiger partial charge >= 0.3 is 0 Å². The van der Waals surface area contributed by atoms with Gasteiger partial charge in [-0.15, -0.1) is 0 Å². The minimum absolute atomic E-state index is 0.273. The summed E-state index contributed by atoms with van der Waals surface area (Å²) in [7, 11) is 0. The molecule has 9 heavy (non-hydrogen) atoms. The van der Waals surface area contributed by atoms with Crippen LogP contribution in [-0.4, -0.2) is 0 Å². The molecule has 0 fully saturated rings. The van der Waals surface area contributed by atoms with Crippen molar-refractivity contribution < 1.29 is 0 Å². The molecule has 46 valence electrons. The lowest BCUT2D eigenvalue weighted by atomic mass is 10.2. The van der Waals surface area contributed by atoms with Crippen molar-refractivity contribution in [1.82, 2.24) is 0 Å². The quantitative estimate of drug-likeness (QED) is 0.438. The first-order valence-electron chi connectivity index (χ1n) is 2.40. The highest BCUT2D eigenvalue weighted by Gasteiger charge is 1.90. The van der Waals surface area contributed by atoms with Crippen molar-refractivity contribution in [3.8, 4) is 6.07 Å².